The fraction of sp³-hybridized carbons (Fsp3) is 0.238. The smallest absolute Gasteiger partial charge is 0.170 e. The van der Waals surface area contributed by atoms with E-state index in [0.29, 0.717) is 11.7 Å². The van der Waals surface area contributed by atoms with Gasteiger partial charge in [0, 0.05) is 12.7 Å². The maximum Gasteiger partial charge on any atom is 0.170 e. The van der Waals surface area contributed by atoms with Crippen molar-refractivity contribution in [2.75, 3.05) is 7.11 Å². The molecule has 0 unspecified atom stereocenters. The number of thiocarbonyl (C=S) groups is 1. The molecule has 0 bridgehead atoms. The highest BCUT2D eigenvalue weighted by Crippen LogP contribution is 2.40. The number of nitrogens with zero attached hydrogens (tertiary/aromatic N) is 2. The molecule has 2 aromatic heterocycles. The Kier molecular flexibility index (Phi) is 4.81. The third-order valence-electron chi connectivity index (χ3n) is 4.76. The van der Waals surface area contributed by atoms with Crippen molar-refractivity contribution in [2.24, 2.45) is 0 Å². The molecule has 0 saturated carbocycles. The number of aromatic nitrogens is 1. The molecule has 0 radical (unpaired) electrons. The summed E-state index contributed by atoms with van der Waals surface area (Å²) in [5.74, 6) is 2.60. The second kappa shape index (κ2) is 7.40. The first-order chi connectivity index (χ1) is 13.2. The Morgan fingerprint density at radius 3 is 2.59 bits per heavy atom. The monoisotopic (exact) mass is 379 g/mol. The van der Waals surface area contributed by atoms with Crippen LogP contribution >= 0.6 is 12.2 Å². The Hall–Kier alpha value is -2.86. The van der Waals surface area contributed by atoms with Crippen molar-refractivity contribution in [3.8, 4) is 5.75 Å². The molecular formula is C21H21N3O2S. The van der Waals surface area contributed by atoms with Crippen LogP contribution in [0.15, 0.2) is 65.2 Å². The largest absolute Gasteiger partial charge is 0.497 e. The minimum absolute atomic E-state index is 0.0665. The minimum atomic E-state index is -0.0671. The molecule has 6 heteroatoms. The van der Waals surface area contributed by atoms with Crippen LogP contribution in [0.1, 0.15) is 34.9 Å². The van der Waals surface area contributed by atoms with E-state index in [4.69, 9.17) is 21.4 Å². The van der Waals surface area contributed by atoms with E-state index < -0.39 is 0 Å². The van der Waals surface area contributed by atoms with Gasteiger partial charge in [0.05, 0.1) is 18.8 Å². The van der Waals surface area contributed by atoms with E-state index in [-0.39, 0.29) is 12.1 Å². The third kappa shape index (κ3) is 3.53. The predicted molar refractivity (Wildman–Crippen MR) is 107 cm³/mol. The second-order valence-corrected chi connectivity index (χ2v) is 6.94. The summed E-state index contributed by atoms with van der Waals surface area (Å²) in [7, 11) is 1.67. The van der Waals surface area contributed by atoms with Crippen molar-refractivity contribution in [2.45, 2.75) is 25.6 Å². The summed E-state index contributed by atoms with van der Waals surface area (Å²) in [5.41, 5.74) is 2.09. The van der Waals surface area contributed by atoms with E-state index in [1.54, 1.807) is 13.3 Å². The second-order valence-electron chi connectivity index (χ2n) is 6.55. The van der Waals surface area contributed by atoms with Crippen molar-refractivity contribution in [1.29, 1.82) is 0 Å². The van der Waals surface area contributed by atoms with Gasteiger partial charge < -0.3 is 19.4 Å². The van der Waals surface area contributed by atoms with Gasteiger partial charge in [-0.3, -0.25) is 4.98 Å². The zero-order chi connectivity index (χ0) is 18.8. The van der Waals surface area contributed by atoms with Crippen LogP contribution in [-0.2, 0) is 6.54 Å². The van der Waals surface area contributed by atoms with Gasteiger partial charge in [-0.15, -0.1) is 0 Å². The Balaban J connectivity index is 1.68. The summed E-state index contributed by atoms with van der Waals surface area (Å²) < 4.78 is 11.2. The predicted octanol–water partition coefficient (Wildman–Crippen LogP) is 4.16. The van der Waals surface area contributed by atoms with E-state index in [0.717, 1.165) is 28.5 Å². The number of benzene rings is 1. The number of hydrogen-bond acceptors (Lipinski definition) is 4. The molecule has 2 atom stereocenters. The van der Waals surface area contributed by atoms with Gasteiger partial charge in [0.15, 0.2) is 5.11 Å². The van der Waals surface area contributed by atoms with Gasteiger partial charge in [0.1, 0.15) is 23.3 Å². The summed E-state index contributed by atoms with van der Waals surface area (Å²) >= 11 is 5.67. The highest BCUT2D eigenvalue weighted by molar-refractivity contribution is 7.80. The van der Waals surface area contributed by atoms with E-state index in [9.17, 15) is 0 Å². The molecule has 0 aliphatic carbocycles. The highest BCUT2D eigenvalue weighted by atomic mass is 32.1. The fourth-order valence-electron chi connectivity index (χ4n) is 3.42. The van der Waals surface area contributed by atoms with Crippen molar-refractivity contribution in [1.82, 2.24) is 15.2 Å². The van der Waals surface area contributed by atoms with Crippen LogP contribution in [0.25, 0.3) is 0 Å². The highest BCUT2D eigenvalue weighted by Gasteiger charge is 2.41. The van der Waals surface area contributed by atoms with Crippen molar-refractivity contribution >= 4 is 17.3 Å². The summed E-state index contributed by atoms with van der Waals surface area (Å²) in [6, 6.07) is 17.8. The SMILES string of the molecule is COc1ccc(CN2C(=S)N[C@@H](c3ccccn3)[C@H]2c2ccc(C)o2)cc1. The number of pyridine rings is 1. The van der Waals surface area contributed by atoms with Crippen LogP contribution in [0, 0.1) is 6.92 Å². The van der Waals surface area contributed by atoms with Crippen LogP contribution in [-0.4, -0.2) is 22.1 Å². The molecule has 0 spiro atoms. The lowest BCUT2D eigenvalue weighted by atomic mass is 10.0. The average Bonchev–Trinajstić information content (AvgIpc) is 3.26. The number of hydrogen-bond donors (Lipinski definition) is 1. The van der Waals surface area contributed by atoms with Gasteiger partial charge in [-0.1, -0.05) is 18.2 Å². The van der Waals surface area contributed by atoms with Crippen LogP contribution in [0.5, 0.6) is 5.75 Å². The Bertz CT molecular complexity index is 924. The van der Waals surface area contributed by atoms with Crippen LogP contribution < -0.4 is 10.1 Å². The van der Waals surface area contributed by atoms with Crippen molar-refractivity contribution in [3.63, 3.8) is 0 Å². The van der Waals surface area contributed by atoms with Gasteiger partial charge in [0.25, 0.3) is 0 Å². The molecule has 1 aliphatic rings. The number of furan rings is 1. The summed E-state index contributed by atoms with van der Waals surface area (Å²) in [5, 5.41) is 4.13. The molecule has 0 amide bonds. The van der Waals surface area contributed by atoms with Gasteiger partial charge in [-0.25, -0.2) is 0 Å². The van der Waals surface area contributed by atoms with E-state index in [2.05, 4.69) is 27.3 Å². The molecular weight excluding hydrogens is 358 g/mol. The first-order valence-corrected chi connectivity index (χ1v) is 9.24. The van der Waals surface area contributed by atoms with Gasteiger partial charge in [-0.2, -0.15) is 0 Å². The molecule has 1 aromatic carbocycles. The van der Waals surface area contributed by atoms with Gasteiger partial charge in [-0.05, 0) is 61.1 Å². The molecule has 4 rings (SSSR count). The maximum absolute atomic E-state index is 5.98. The number of nitrogens with one attached hydrogen (secondary N) is 1. The molecule has 3 heterocycles. The molecule has 3 aromatic rings. The molecule has 1 aliphatic heterocycles. The number of rotatable bonds is 5. The lowest BCUT2D eigenvalue weighted by Crippen LogP contribution is -2.29. The molecule has 1 saturated heterocycles. The maximum atomic E-state index is 5.98. The fourth-order valence-corrected chi connectivity index (χ4v) is 3.73. The normalized spacial score (nSPS) is 19.2. The Morgan fingerprint density at radius 2 is 1.96 bits per heavy atom. The van der Waals surface area contributed by atoms with E-state index in [1.165, 1.54) is 0 Å². The van der Waals surface area contributed by atoms with Crippen molar-refractivity contribution in [3.05, 3.63) is 83.6 Å². The molecule has 27 heavy (non-hydrogen) atoms. The zero-order valence-corrected chi connectivity index (χ0v) is 16.1. The van der Waals surface area contributed by atoms with Crippen LogP contribution in [0.4, 0.5) is 0 Å². The van der Waals surface area contributed by atoms with Gasteiger partial charge in [0.2, 0.25) is 0 Å². The molecule has 138 valence electrons. The van der Waals surface area contributed by atoms with E-state index >= 15 is 0 Å². The number of methoxy groups -OCH3 is 1. The first-order valence-electron chi connectivity index (χ1n) is 8.83. The Morgan fingerprint density at radius 1 is 1.15 bits per heavy atom. The quantitative estimate of drug-likeness (QED) is 0.672. The molecule has 1 fully saturated rings. The van der Waals surface area contributed by atoms with Crippen LogP contribution in [0.3, 0.4) is 0 Å². The summed E-state index contributed by atoms with van der Waals surface area (Å²) in [6.45, 7) is 2.62. The molecule has 5 nitrogen and oxygen atoms in total. The molecule has 1 N–H and O–H groups in total. The Labute approximate surface area is 164 Å². The lowest BCUT2D eigenvalue weighted by Gasteiger charge is -2.26. The van der Waals surface area contributed by atoms with Crippen molar-refractivity contribution < 1.29 is 9.15 Å². The average molecular weight is 379 g/mol. The van der Waals surface area contributed by atoms with E-state index in [1.807, 2.05) is 49.4 Å². The van der Waals surface area contributed by atoms with Gasteiger partial charge >= 0.3 is 0 Å². The zero-order valence-electron chi connectivity index (χ0n) is 15.3. The topological polar surface area (TPSA) is 50.5 Å². The first kappa shape index (κ1) is 17.5. The minimum Gasteiger partial charge on any atom is -0.497 e. The summed E-state index contributed by atoms with van der Waals surface area (Å²) in [4.78, 5) is 6.70. The standard InChI is InChI=1S/C21H21N3O2S/c1-14-6-11-18(26-14)20-19(17-5-3-4-12-22-17)23-21(27)24(20)13-15-7-9-16(25-2)10-8-15/h3-12,19-20H,13H2,1-2H3,(H,23,27)/t19-,20+/m0/s1. The lowest BCUT2D eigenvalue weighted by molar-refractivity contribution is 0.264. The summed E-state index contributed by atoms with van der Waals surface area (Å²) in [6.07, 6.45) is 1.80. The number of aryl methyl sites for hydroxylation is 1. The van der Waals surface area contributed by atoms with Crippen LogP contribution in [0.2, 0.25) is 0 Å². The third-order valence-corrected chi connectivity index (χ3v) is 5.11. The number of ether oxygens (including phenoxy) is 1.